The van der Waals surface area contributed by atoms with Crippen LogP contribution in [0.5, 0.6) is 11.5 Å². The highest BCUT2D eigenvalue weighted by molar-refractivity contribution is 6.00. The smallest absolute Gasteiger partial charge is 0.173 e. The summed E-state index contributed by atoms with van der Waals surface area (Å²) >= 11 is 0. The molecule has 2 aromatic rings. The molecule has 0 atom stereocenters. The van der Waals surface area contributed by atoms with E-state index in [1.54, 1.807) is 13.0 Å². The number of phenolic OH excluding ortho intramolecular Hbond substituents is 1. The van der Waals surface area contributed by atoms with Crippen molar-refractivity contribution >= 4 is 5.84 Å². The fraction of sp³-hybridized carbons (Fsp3) is 0.375. The van der Waals surface area contributed by atoms with Crippen molar-refractivity contribution in [2.45, 2.75) is 33.6 Å². The molecule has 0 aliphatic heterocycles. The quantitative estimate of drug-likeness (QED) is 0.248. The third kappa shape index (κ3) is 3.74. The Hall–Kier alpha value is -2.70. The standard InChI is InChI=1S/C16H21N3O4/c1-9-7-13(16(17)18-21)14(20)11(3)15(9)22-6-4-5-12-8-10(2)19-23-12/h7-8,20-21H,4-6H2,1-3H3,(H2,17,18). The van der Waals surface area contributed by atoms with Crippen molar-refractivity contribution in [3.63, 3.8) is 0 Å². The topological polar surface area (TPSA) is 114 Å². The van der Waals surface area contributed by atoms with Crippen LogP contribution in [-0.2, 0) is 6.42 Å². The summed E-state index contributed by atoms with van der Waals surface area (Å²) in [5.41, 5.74) is 8.06. The largest absolute Gasteiger partial charge is 0.507 e. The Kier molecular flexibility index (Phi) is 5.10. The maximum atomic E-state index is 10.2. The van der Waals surface area contributed by atoms with Gasteiger partial charge in [0.25, 0.3) is 0 Å². The lowest BCUT2D eigenvalue weighted by Gasteiger charge is -2.15. The first kappa shape index (κ1) is 16.7. The second kappa shape index (κ2) is 7.04. The number of aryl methyl sites for hydroxylation is 3. The van der Waals surface area contributed by atoms with Crippen molar-refractivity contribution in [2.75, 3.05) is 6.61 Å². The Morgan fingerprint density at radius 1 is 1.35 bits per heavy atom. The van der Waals surface area contributed by atoms with Crippen molar-refractivity contribution < 1.29 is 19.6 Å². The first-order valence-electron chi connectivity index (χ1n) is 7.30. The van der Waals surface area contributed by atoms with Crippen LogP contribution in [0, 0.1) is 20.8 Å². The van der Waals surface area contributed by atoms with Crippen molar-refractivity contribution in [1.82, 2.24) is 5.16 Å². The van der Waals surface area contributed by atoms with E-state index in [1.807, 2.05) is 19.9 Å². The molecule has 0 aliphatic rings. The molecule has 1 aromatic heterocycles. The average molecular weight is 319 g/mol. The highest BCUT2D eigenvalue weighted by Gasteiger charge is 2.16. The number of phenols is 1. The molecule has 0 aliphatic carbocycles. The van der Waals surface area contributed by atoms with Gasteiger partial charge in [-0.15, -0.1) is 0 Å². The number of hydrogen-bond acceptors (Lipinski definition) is 6. The molecule has 1 aromatic carbocycles. The molecule has 0 amide bonds. The summed E-state index contributed by atoms with van der Waals surface area (Å²) in [6.07, 6.45) is 1.49. The molecular weight excluding hydrogens is 298 g/mol. The van der Waals surface area contributed by atoms with Crippen LogP contribution >= 0.6 is 0 Å². The predicted molar refractivity (Wildman–Crippen MR) is 85.1 cm³/mol. The van der Waals surface area contributed by atoms with Gasteiger partial charge in [-0.05, 0) is 38.8 Å². The second-order valence-electron chi connectivity index (χ2n) is 5.42. The summed E-state index contributed by atoms with van der Waals surface area (Å²) in [6.45, 7) is 5.92. The maximum absolute atomic E-state index is 10.2. The molecule has 4 N–H and O–H groups in total. The molecule has 124 valence electrons. The van der Waals surface area contributed by atoms with Gasteiger partial charge in [-0.3, -0.25) is 0 Å². The predicted octanol–water partition coefficient (Wildman–Crippen LogP) is 2.41. The van der Waals surface area contributed by atoms with Gasteiger partial charge in [0.15, 0.2) is 5.84 Å². The van der Waals surface area contributed by atoms with E-state index in [1.165, 1.54) is 0 Å². The van der Waals surface area contributed by atoms with Crippen molar-refractivity contribution in [1.29, 1.82) is 0 Å². The van der Waals surface area contributed by atoms with Gasteiger partial charge in [0, 0.05) is 18.1 Å². The number of nitrogens with zero attached hydrogens (tertiary/aromatic N) is 2. The lowest BCUT2D eigenvalue weighted by Crippen LogP contribution is -2.14. The molecule has 2 rings (SSSR count). The van der Waals surface area contributed by atoms with E-state index in [2.05, 4.69) is 10.3 Å². The van der Waals surface area contributed by atoms with Crippen molar-refractivity contribution in [2.24, 2.45) is 10.9 Å². The lowest BCUT2D eigenvalue weighted by atomic mass is 10.0. The number of rotatable bonds is 6. The molecule has 0 spiro atoms. The van der Waals surface area contributed by atoms with Crippen LogP contribution in [0.15, 0.2) is 21.8 Å². The van der Waals surface area contributed by atoms with Crippen molar-refractivity contribution in [3.8, 4) is 11.5 Å². The normalized spacial score (nSPS) is 11.7. The number of oxime groups is 1. The molecule has 7 nitrogen and oxygen atoms in total. The third-order valence-electron chi connectivity index (χ3n) is 3.54. The van der Waals surface area contributed by atoms with Gasteiger partial charge < -0.3 is 25.3 Å². The number of aromatic hydroxyl groups is 1. The van der Waals surface area contributed by atoms with Crippen LogP contribution in [0.1, 0.15) is 34.6 Å². The van der Waals surface area contributed by atoms with Crippen LogP contribution in [0.25, 0.3) is 0 Å². The summed E-state index contributed by atoms with van der Waals surface area (Å²) < 4.78 is 10.9. The minimum atomic E-state index is -0.138. The van der Waals surface area contributed by atoms with Gasteiger partial charge in [-0.25, -0.2) is 0 Å². The van der Waals surface area contributed by atoms with Gasteiger partial charge in [-0.1, -0.05) is 10.3 Å². The Morgan fingerprint density at radius 3 is 2.70 bits per heavy atom. The van der Waals surface area contributed by atoms with Gasteiger partial charge >= 0.3 is 0 Å². The van der Waals surface area contributed by atoms with Crippen LogP contribution in [0.3, 0.4) is 0 Å². The second-order valence-corrected chi connectivity index (χ2v) is 5.42. The third-order valence-corrected chi connectivity index (χ3v) is 3.54. The zero-order chi connectivity index (χ0) is 17.0. The van der Waals surface area contributed by atoms with Crippen LogP contribution in [-0.4, -0.2) is 27.9 Å². The molecule has 7 heteroatoms. The number of hydrogen-bond donors (Lipinski definition) is 3. The van der Waals surface area contributed by atoms with E-state index in [9.17, 15) is 5.11 Å². The number of nitrogens with two attached hydrogens (primary N) is 1. The molecule has 0 bridgehead atoms. The summed E-state index contributed by atoms with van der Waals surface area (Å²) in [7, 11) is 0. The van der Waals surface area contributed by atoms with Gasteiger partial charge in [0.1, 0.15) is 17.3 Å². The number of benzene rings is 1. The number of amidine groups is 1. The molecule has 1 heterocycles. The highest BCUT2D eigenvalue weighted by Crippen LogP contribution is 2.34. The van der Waals surface area contributed by atoms with Gasteiger partial charge in [-0.2, -0.15) is 0 Å². The van der Waals surface area contributed by atoms with Crippen LogP contribution in [0.4, 0.5) is 0 Å². The Labute approximate surface area is 134 Å². The minimum Gasteiger partial charge on any atom is -0.507 e. The molecule has 0 saturated carbocycles. The highest BCUT2D eigenvalue weighted by atomic mass is 16.5. The van der Waals surface area contributed by atoms with Crippen molar-refractivity contribution in [3.05, 3.63) is 40.3 Å². The van der Waals surface area contributed by atoms with E-state index in [0.717, 1.165) is 29.9 Å². The SMILES string of the molecule is Cc1cc(CCCOc2c(C)cc(C(N)=NO)c(O)c2C)on1. The van der Waals surface area contributed by atoms with E-state index in [0.29, 0.717) is 17.9 Å². The first-order valence-corrected chi connectivity index (χ1v) is 7.30. The fourth-order valence-electron chi connectivity index (χ4n) is 2.38. The van der Waals surface area contributed by atoms with Crippen LogP contribution in [0.2, 0.25) is 0 Å². The van der Waals surface area contributed by atoms with E-state index in [4.69, 9.17) is 20.2 Å². The maximum Gasteiger partial charge on any atom is 0.173 e. The van der Waals surface area contributed by atoms with E-state index >= 15 is 0 Å². The van der Waals surface area contributed by atoms with E-state index in [-0.39, 0.29) is 17.1 Å². The fourth-order valence-corrected chi connectivity index (χ4v) is 2.38. The molecule has 0 unspecified atom stereocenters. The van der Waals surface area contributed by atoms with Gasteiger partial charge in [0.05, 0.1) is 17.9 Å². The molecule has 23 heavy (non-hydrogen) atoms. The lowest BCUT2D eigenvalue weighted by molar-refractivity contribution is 0.294. The summed E-state index contributed by atoms with van der Waals surface area (Å²) in [5.74, 6) is 1.24. The Balaban J connectivity index is 2.04. The molecule has 0 saturated heterocycles. The van der Waals surface area contributed by atoms with Gasteiger partial charge in [0.2, 0.25) is 0 Å². The summed E-state index contributed by atoms with van der Waals surface area (Å²) in [4.78, 5) is 0. The molecule has 0 radical (unpaired) electrons. The zero-order valence-electron chi connectivity index (χ0n) is 13.5. The molecular formula is C16H21N3O4. The monoisotopic (exact) mass is 319 g/mol. The average Bonchev–Trinajstić information content (AvgIpc) is 2.94. The number of ether oxygens (including phenoxy) is 1. The van der Waals surface area contributed by atoms with Crippen LogP contribution < -0.4 is 10.5 Å². The Bertz CT molecular complexity index is 722. The summed E-state index contributed by atoms with van der Waals surface area (Å²) in [6, 6.07) is 3.53. The summed E-state index contributed by atoms with van der Waals surface area (Å²) in [5, 5.41) is 25.7. The number of aromatic nitrogens is 1. The molecule has 0 fully saturated rings. The zero-order valence-corrected chi connectivity index (χ0v) is 13.5. The van der Waals surface area contributed by atoms with E-state index < -0.39 is 0 Å². The minimum absolute atomic E-state index is 0.0493. The first-order chi connectivity index (χ1) is 10.9. The Morgan fingerprint density at radius 2 is 2.09 bits per heavy atom.